The van der Waals surface area contributed by atoms with E-state index in [1.165, 1.54) is 0 Å². The molecule has 0 amide bonds. The lowest BCUT2D eigenvalue weighted by Gasteiger charge is -2.23. The maximum atomic E-state index is 4.32. The van der Waals surface area contributed by atoms with Crippen LogP contribution in [0.1, 0.15) is 26.7 Å². The number of nitrogens with zero attached hydrogens (tertiary/aromatic N) is 3. The van der Waals surface area contributed by atoms with Crippen LogP contribution in [0.25, 0.3) is 0 Å². The summed E-state index contributed by atoms with van der Waals surface area (Å²) in [7, 11) is 0. The smallest absolute Gasteiger partial charge is 0.145 e. The zero-order valence-electron chi connectivity index (χ0n) is 8.70. The minimum Gasteiger partial charge on any atom is -0.356 e. The van der Waals surface area contributed by atoms with Crippen molar-refractivity contribution in [2.45, 2.75) is 26.7 Å². The van der Waals surface area contributed by atoms with Gasteiger partial charge in [0.1, 0.15) is 12.1 Å². The van der Waals surface area contributed by atoms with Crippen molar-refractivity contribution in [1.82, 2.24) is 9.97 Å². The molecule has 0 atom stereocenters. The van der Waals surface area contributed by atoms with Gasteiger partial charge in [-0.1, -0.05) is 13.8 Å². The molecule has 0 bridgehead atoms. The van der Waals surface area contributed by atoms with Gasteiger partial charge in [0.15, 0.2) is 0 Å². The van der Waals surface area contributed by atoms with Gasteiger partial charge in [-0.3, -0.25) is 0 Å². The normalized spacial score (nSPS) is 10.2. The molecule has 1 aromatic rings. The fourth-order valence-corrected chi connectivity index (χ4v) is 2.04. The molecular weight excluding hydrogens is 289 g/mol. The summed E-state index contributed by atoms with van der Waals surface area (Å²) in [6.07, 6.45) is 5.79. The summed E-state index contributed by atoms with van der Waals surface area (Å²) in [5.74, 6) is 1.07. The van der Waals surface area contributed by atoms with Crippen molar-refractivity contribution in [2.75, 3.05) is 18.0 Å². The summed E-state index contributed by atoms with van der Waals surface area (Å²) in [5.41, 5.74) is 0. The first kappa shape index (κ1) is 11.7. The van der Waals surface area contributed by atoms with Crippen molar-refractivity contribution in [2.24, 2.45) is 0 Å². The monoisotopic (exact) mass is 305 g/mol. The van der Waals surface area contributed by atoms with Crippen molar-refractivity contribution in [3.63, 3.8) is 0 Å². The Morgan fingerprint density at radius 2 is 1.93 bits per heavy atom. The van der Waals surface area contributed by atoms with E-state index in [4.69, 9.17) is 0 Å². The van der Waals surface area contributed by atoms with Gasteiger partial charge in [-0.15, -0.1) is 0 Å². The molecule has 1 heterocycles. The van der Waals surface area contributed by atoms with E-state index in [0.717, 1.165) is 35.3 Å². The molecule has 0 aliphatic heterocycles. The molecule has 78 valence electrons. The molecule has 14 heavy (non-hydrogen) atoms. The highest BCUT2D eigenvalue weighted by molar-refractivity contribution is 14.1. The van der Waals surface area contributed by atoms with E-state index in [9.17, 15) is 0 Å². The molecule has 0 saturated heterocycles. The molecule has 0 unspecified atom stereocenters. The average Bonchev–Trinajstić information content (AvgIpc) is 2.18. The highest BCUT2D eigenvalue weighted by Crippen LogP contribution is 2.18. The molecule has 0 radical (unpaired) electrons. The Balaban J connectivity index is 2.81. The van der Waals surface area contributed by atoms with Crippen LogP contribution in [0.4, 0.5) is 5.82 Å². The third-order valence-electron chi connectivity index (χ3n) is 1.93. The van der Waals surface area contributed by atoms with E-state index in [-0.39, 0.29) is 0 Å². The highest BCUT2D eigenvalue weighted by atomic mass is 127. The lowest BCUT2D eigenvalue weighted by Crippen LogP contribution is -2.26. The van der Waals surface area contributed by atoms with Gasteiger partial charge in [-0.05, 0) is 35.4 Å². The second-order valence-electron chi connectivity index (χ2n) is 3.18. The number of aromatic nitrogens is 2. The van der Waals surface area contributed by atoms with E-state index in [1.807, 2.05) is 6.20 Å². The van der Waals surface area contributed by atoms with E-state index in [2.05, 4.69) is 51.3 Å². The minimum absolute atomic E-state index is 1.07. The van der Waals surface area contributed by atoms with Crippen molar-refractivity contribution >= 4 is 28.4 Å². The zero-order chi connectivity index (χ0) is 10.4. The van der Waals surface area contributed by atoms with Crippen LogP contribution < -0.4 is 4.90 Å². The first-order valence-electron chi connectivity index (χ1n) is 5.00. The second kappa shape index (κ2) is 6.16. The van der Waals surface area contributed by atoms with Gasteiger partial charge in [0.2, 0.25) is 0 Å². The van der Waals surface area contributed by atoms with Gasteiger partial charge < -0.3 is 4.90 Å². The quantitative estimate of drug-likeness (QED) is 0.783. The van der Waals surface area contributed by atoms with Crippen LogP contribution >= 0.6 is 22.6 Å². The predicted molar refractivity (Wildman–Crippen MR) is 67.5 cm³/mol. The van der Waals surface area contributed by atoms with E-state index >= 15 is 0 Å². The summed E-state index contributed by atoms with van der Waals surface area (Å²) >= 11 is 2.29. The third-order valence-corrected chi connectivity index (χ3v) is 2.70. The molecule has 0 aromatic carbocycles. The largest absolute Gasteiger partial charge is 0.356 e. The Kier molecular flexibility index (Phi) is 5.14. The lowest BCUT2D eigenvalue weighted by atomic mass is 10.3. The van der Waals surface area contributed by atoms with Crippen LogP contribution in [0.5, 0.6) is 0 Å². The lowest BCUT2D eigenvalue weighted by molar-refractivity contribution is 0.730. The van der Waals surface area contributed by atoms with Crippen LogP contribution in [-0.2, 0) is 0 Å². The highest BCUT2D eigenvalue weighted by Gasteiger charge is 2.08. The molecule has 0 N–H and O–H groups in total. The molecule has 0 aliphatic rings. The number of hydrogen-bond donors (Lipinski definition) is 0. The Morgan fingerprint density at radius 3 is 2.43 bits per heavy atom. The van der Waals surface area contributed by atoms with Crippen molar-refractivity contribution in [1.29, 1.82) is 0 Å². The SMILES string of the molecule is CCCN(CCC)c1ncncc1I. The third kappa shape index (κ3) is 3.08. The average molecular weight is 305 g/mol. The van der Waals surface area contributed by atoms with Crippen LogP contribution in [0.3, 0.4) is 0 Å². The van der Waals surface area contributed by atoms with Crippen LogP contribution in [0.15, 0.2) is 12.5 Å². The van der Waals surface area contributed by atoms with Gasteiger partial charge in [0, 0.05) is 19.3 Å². The van der Waals surface area contributed by atoms with E-state index in [1.54, 1.807) is 6.33 Å². The topological polar surface area (TPSA) is 29.0 Å². The molecule has 0 spiro atoms. The van der Waals surface area contributed by atoms with Crippen LogP contribution in [0, 0.1) is 3.57 Å². The van der Waals surface area contributed by atoms with Crippen molar-refractivity contribution < 1.29 is 0 Å². The maximum absolute atomic E-state index is 4.32. The minimum atomic E-state index is 1.07. The van der Waals surface area contributed by atoms with Gasteiger partial charge in [0.25, 0.3) is 0 Å². The molecule has 3 nitrogen and oxygen atoms in total. The Labute approximate surface area is 99.1 Å². The molecule has 0 aliphatic carbocycles. The summed E-state index contributed by atoms with van der Waals surface area (Å²) < 4.78 is 1.13. The maximum Gasteiger partial charge on any atom is 0.145 e. The fourth-order valence-electron chi connectivity index (χ4n) is 1.40. The number of rotatable bonds is 5. The molecule has 1 rings (SSSR count). The second-order valence-corrected chi connectivity index (χ2v) is 4.34. The van der Waals surface area contributed by atoms with Crippen LogP contribution in [-0.4, -0.2) is 23.1 Å². The fraction of sp³-hybridized carbons (Fsp3) is 0.600. The van der Waals surface area contributed by atoms with Gasteiger partial charge in [-0.25, -0.2) is 9.97 Å². The Morgan fingerprint density at radius 1 is 1.29 bits per heavy atom. The molecule has 0 saturated carbocycles. The molecular formula is C10H16IN3. The van der Waals surface area contributed by atoms with Crippen LogP contribution in [0.2, 0.25) is 0 Å². The number of halogens is 1. The first-order valence-corrected chi connectivity index (χ1v) is 6.07. The summed E-state index contributed by atoms with van der Waals surface area (Å²) in [4.78, 5) is 10.6. The van der Waals surface area contributed by atoms with Gasteiger partial charge in [-0.2, -0.15) is 0 Å². The molecule has 4 heteroatoms. The van der Waals surface area contributed by atoms with Crippen molar-refractivity contribution in [3.8, 4) is 0 Å². The Bertz CT molecular complexity index is 272. The van der Waals surface area contributed by atoms with E-state index < -0.39 is 0 Å². The van der Waals surface area contributed by atoms with Crippen molar-refractivity contribution in [3.05, 3.63) is 16.1 Å². The first-order chi connectivity index (χ1) is 6.79. The Hall–Kier alpha value is -0.390. The predicted octanol–water partition coefficient (Wildman–Crippen LogP) is 2.71. The van der Waals surface area contributed by atoms with Gasteiger partial charge >= 0.3 is 0 Å². The summed E-state index contributed by atoms with van der Waals surface area (Å²) in [6.45, 7) is 6.52. The summed E-state index contributed by atoms with van der Waals surface area (Å²) in [5, 5.41) is 0. The summed E-state index contributed by atoms with van der Waals surface area (Å²) in [6, 6.07) is 0. The standard InChI is InChI=1S/C10H16IN3/c1-3-5-14(6-4-2)10-9(11)7-12-8-13-10/h7-8H,3-6H2,1-2H3. The molecule has 1 aromatic heterocycles. The zero-order valence-corrected chi connectivity index (χ0v) is 10.9. The van der Waals surface area contributed by atoms with E-state index in [0.29, 0.717) is 0 Å². The van der Waals surface area contributed by atoms with Gasteiger partial charge in [0.05, 0.1) is 3.57 Å². The molecule has 0 fully saturated rings. The number of hydrogen-bond acceptors (Lipinski definition) is 3. The number of anilines is 1.